The van der Waals surface area contributed by atoms with Crippen molar-refractivity contribution in [3.8, 4) is 0 Å². The molecule has 99 valence electrons. The molecule has 0 aliphatic heterocycles. The average Bonchev–Trinajstić information content (AvgIpc) is 2.35. The van der Waals surface area contributed by atoms with Crippen LogP contribution in [0.25, 0.3) is 10.8 Å². The zero-order valence-corrected chi connectivity index (χ0v) is 12.5. The molecule has 2 rings (SSSR count). The van der Waals surface area contributed by atoms with E-state index < -0.39 is 55.7 Å². The van der Waals surface area contributed by atoms with Crippen LogP contribution in [0, 0.1) is 40.7 Å². The zero-order chi connectivity index (χ0) is 13.8. The Morgan fingerprint density at radius 1 is 0.474 bits per heavy atom. The van der Waals surface area contributed by atoms with Crippen LogP contribution in [0.5, 0.6) is 0 Å². The van der Waals surface area contributed by atoms with E-state index in [1.807, 2.05) is 0 Å². The Balaban J connectivity index is 0.00000180. The van der Waals surface area contributed by atoms with Crippen LogP contribution in [0.1, 0.15) is 0 Å². The normalized spacial score (nSPS) is 10.8. The minimum absolute atomic E-state index is 0. The van der Waals surface area contributed by atoms with Crippen LogP contribution in [0.4, 0.5) is 30.7 Å². The molecule has 0 aromatic heterocycles. The SMILES string of the molecule is Cl.Fc1c(F)c(F)c2c(F)[c]([Zn])c(F)c(F)c2c1F. The molecule has 0 heterocycles. The number of hydrogen-bond acceptors (Lipinski definition) is 0. The molecule has 19 heavy (non-hydrogen) atoms. The van der Waals surface area contributed by atoms with E-state index in [1.54, 1.807) is 0 Å². The summed E-state index contributed by atoms with van der Waals surface area (Å²) in [4.78, 5) is 0. The zero-order valence-electron chi connectivity index (χ0n) is 8.76. The molecule has 0 N–H and O–H groups in total. The number of rotatable bonds is 0. The van der Waals surface area contributed by atoms with Gasteiger partial charge < -0.3 is 0 Å². The van der Waals surface area contributed by atoms with Crippen molar-refractivity contribution in [3.63, 3.8) is 0 Å². The van der Waals surface area contributed by atoms with E-state index in [0.29, 0.717) is 0 Å². The van der Waals surface area contributed by atoms with Gasteiger partial charge in [-0.05, 0) is 0 Å². The summed E-state index contributed by atoms with van der Waals surface area (Å²) >= 11 is -0.245. The fourth-order valence-electron chi connectivity index (χ4n) is 1.53. The quantitative estimate of drug-likeness (QED) is 0.294. The number of hydrogen-bond donors (Lipinski definition) is 0. The van der Waals surface area contributed by atoms with Gasteiger partial charge in [-0.2, -0.15) is 0 Å². The van der Waals surface area contributed by atoms with Gasteiger partial charge in [0.05, 0.1) is 0 Å². The van der Waals surface area contributed by atoms with Gasteiger partial charge in [0.15, 0.2) is 0 Å². The molecule has 0 amide bonds. The number of fused-ring (bicyclic) bond motifs is 1. The molecule has 0 saturated carbocycles. The van der Waals surface area contributed by atoms with E-state index in [4.69, 9.17) is 0 Å². The summed E-state index contributed by atoms with van der Waals surface area (Å²) in [5.41, 5.74) is 0. The second kappa shape index (κ2) is 5.25. The second-order valence-corrected chi connectivity index (χ2v) is 4.91. The van der Waals surface area contributed by atoms with Gasteiger partial charge in [0, 0.05) is 0 Å². The van der Waals surface area contributed by atoms with Crippen molar-refractivity contribution in [2.45, 2.75) is 0 Å². The van der Waals surface area contributed by atoms with E-state index >= 15 is 0 Å². The third kappa shape index (κ3) is 2.11. The standard InChI is InChI=1S/C10F7.ClH.Zn/c11-2-1-3(12)6(13)5-4(2)7(14)9(16)10(17)8(5)15;;/h;1H;. The summed E-state index contributed by atoms with van der Waals surface area (Å²) < 4.78 is 91.6. The van der Waals surface area contributed by atoms with Gasteiger partial charge >= 0.3 is 105 Å². The molecule has 0 aliphatic rings. The van der Waals surface area contributed by atoms with Crippen LogP contribution in [0.3, 0.4) is 0 Å². The third-order valence-corrected chi connectivity index (χ3v) is 3.73. The van der Waals surface area contributed by atoms with Crippen molar-refractivity contribution in [2.75, 3.05) is 0 Å². The van der Waals surface area contributed by atoms with Crippen LogP contribution < -0.4 is 4.16 Å². The Kier molecular flexibility index (Phi) is 4.47. The van der Waals surface area contributed by atoms with Gasteiger partial charge in [-0.1, -0.05) is 0 Å². The molecule has 0 radical (unpaired) electrons. The maximum atomic E-state index is 13.5. The Bertz CT molecular complexity index is 573. The number of benzene rings is 2. The van der Waals surface area contributed by atoms with E-state index in [-0.39, 0.29) is 30.7 Å². The fraction of sp³-hybridized carbons (Fsp3) is 0. The van der Waals surface area contributed by atoms with Crippen LogP contribution in [-0.2, 0) is 18.3 Å². The average molecular weight is 355 g/mol. The van der Waals surface area contributed by atoms with Gasteiger partial charge in [0.2, 0.25) is 0 Å². The first-order valence-electron chi connectivity index (χ1n) is 4.43. The first kappa shape index (κ1) is 16.2. The predicted molar refractivity (Wildman–Crippen MR) is 50.5 cm³/mol. The Labute approximate surface area is 117 Å². The van der Waals surface area contributed by atoms with Crippen LogP contribution in [-0.4, -0.2) is 0 Å². The Morgan fingerprint density at radius 2 is 0.789 bits per heavy atom. The topological polar surface area (TPSA) is 0 Å². The van der Waals surface area contributed by atoms with Crippen molar-refractivity contribution in [1.82, 2.24) is 0 Å². The van der Waals surface area contributed by atoms with Crippen LogP contribution in [0.2, 0.25) is 0 Å². The van der Waals surface area contributed by atoms with Gasteiger partial charge in [0.1, 0.15) is 0 Å². The predicted octanol–water partition coefficient (Wildman–Crippen LogP) is 3.41. The molecule has 0 nitrogen and oxygen atoms in total. The molecule has 9 heteroatoms. The summed E-state index contributed by atoms with van der Waals surface area (Å²) in [7, 11) is 0. The summed E-state index contributed by atoms with van der Waals surface area (Å²) in [6, 6.07) is 0. The van der Waals surface area contributed by atoms with Crippen molar-refractivity contribution in [3.05, 3.63) is 40.7 Å². The molecule has 2 aromatic carbocycles. The number of halogens is 8. The summed E-state index contributed by atoms with van der Waals surface area (Å²) in [5.74, 6) is -14.2. The summed E-state index contributed by atoms with van der Waals surface area (Å²) in [6.45, 7) is 0. The molecule has 0 aliphatic carbocycles. The molecule has 0 bridgehead atoms. The molecule has 0 fully saturated rings. The Hall–Kier alpha value is -0.877. The third-order valence-electron chi connectivity index (χ3n) is 2.43. The molecule has 2 aromatic rings. The molecular weight excluding hydrogens is 354 g/mol. The molecular formula is C10HClF7Zn. The van der Waals surface area contributed by atoms with Gasteiger partial charge in [-0.15, -0.1) is 12.4 Å². The summed E-state index contributed by atoms with van der Waals surface area (Å²) in [5, 5.41) is -3.00. The minimum atomic E-state index is -2.32. The first-order chi connectivity index (χ1) is 8.29. The fourth-order valence-corrected chi connectivity index (χ4v) is 2.23. The van der Waals surface area contributed by atoms with Crippen molar-refractivity contribution < 1.29 is 49.0 Å². The molecule has 0 spiro atoms. The van der Waals surface area contributed by atoms with E-state index in [2.05, 4.69) is 0 Å². The van der Waals surface area contributed by atoms with Crippen molar-refractivity contribution >= 4 is 27.3 Å². The molecule has 0 unspecified atom stereocenters. The van der Waals surface area contributed by atoms with Gasteiger partial charge in [-0.25, -0.2) is 0 Å². The summed E-state index contributed by atoms with van der Waals surface area (Å²) in [6.07, 6.45) is 0. The van der Waals surface area contributed by atoms with Crippen molar-refractivity contribution in [1.29, 1.82) is 0 Å². The van der Waals surface area contributed by atoms with E-state index in [9.17, 15) is 30.7 Å². The molecule has 0 atom stereocenters. The van der Waals surface area contributed by atoms with E-state index in [1.165, 1.54) is 0 Å². The monoisotopic (exact) mass is 353 g/mol. The van der Waals surface area contributed by atoms with E-state index in [0.717, 1.165) is 0 Å². The maximum absolute atomic E-state index is 13.5. The van der Waals surface area contributed by atoms with Crippen LogP contribution >= 0.6 is 12.4 Å². The van der Waals surface area contributed by atoms with Crippen LogP contribution in [0.15, 0.2) is 0 Å². The van der Waals surface area contributed by atoms with Gasteiger partial charge in [-0.3, -0.25) is 0 Å². The Morgan fingerprint density at radius 3 is 1.21 bits per heavy atom. The first-order valence-corrected chi connectivity index (χ1v) is 5.91. The second-order valence-electron chi connectivity index (χ2n) is 3.43. The molecule has 0 saturated heterocycles. The van der Waals surface area contributed by atoms with Crippen molar-refractivity contribution in [2.24, 2.45) is 0 Å². The van der Waals surface area contributed by atoms with Gasteiger partial charge in [0.25, 0.3) is 0 Å².